The lowest BCUT2D eigenvalue weighted by atomic mass is 10.1. The molecule has 1 heterocycles. The van der Waals surface area contributed by atoms with Gasteiger partial charge in [0, 0.05) is 31.5 Å². The van der Waals surface area contributed by atoms with Gasteiger partial charge in [0.15, 0.2) is 0 Å². The number of hydrogen-bond acceptors (Lipinski definition) is 5. The fourth-order valence-corrected chi connectivity index (χ4v) is 2.65. The highest BCUT2D eigenvalue weighted by molar-refractivity contribution is 6.02. The minimum Gasteiger partial charge on any atom is -0.464 e. The molecule has 0 aliphatic carbocycles. The van der Waals surface area contributed by atoms with Gasteiger partial charge in [0.25, 0.3) is 0 Å². The van der Waals surface area contributed by atoms with Gasteiger partial charge in [0.05, 0.1) is 13.2 Å². The molecule has 0 bridgehead atoms. The van der Waals surface area contributed by atoms with Crippen molar-refractivity contribution >= 4 is 17.8 Å². The van der Waals surface area contributed by atoms with Crippen molar-refractivity contribution in [1.29, 1.82) is 0 Å². The summed E-state index contributed by atoms with van der Waals surface area (Å²) < 4.78 is 11.9. The van der Waals surface area contributed by atoms with Gasteiger partial charge in [-0.2, -0.15) is 0 Å². The average Bonchev–Trinajstić information content (AvgIpc) is 3.17. The summed E-state index contributed by atoms with van der Waals surface area (Å²) in [6, 6.07) is 9.92. The highest BCUT2D eigenvalue weighted by Crippen LogP contribution is 2.15. The molecule has 0 saturated carbocycles. The van der Waals surface area contributed by atoms with Crippen molar-refractivity contribution < 1.29 is 23.9 Å². The maximum atomic E-state index is 12.3. The van der Waals surface area contributed by atoms with Crippen LogP contribution in [0.1, 0.15) is 26.3 Å². The highest BCUT2D eigenvalue weighted by atomic mass is 16.6. The molecule has 0 atom stereocenters. The van der Waals surface area contributed by atoms with E-state index in [9.17, 15) is 14.4 Å². The first-order valence-electron chi connectivity index (χ1n) is 8.80. The fraction of sp³-hybridized carbons (Fsp3) is 0.350. The zero-order valence-electron chi connectivity index (χ0n) is 15.8. The molecule has 7 heteroatoms. The normalized spacial score (nSPS) is 10.5. The molecule has 1 aromatic heterocycles. The van der Waals surface area contributed by atoms with Crippen LogP contribution >= 0.6 is 0 Å². The summed E-state index contributed by atoms with van der Waals surface area (Å²) in [6.45, 7) is 4.87. The molecule has 1 amide bonds. The zero-order valence-corrected chi connectivity index (χ0v) is 15.8. The largest absolute Gasteiger partial charge is 0.464 e. The Balaban J connectivity index is 2.24. The summed E-state index contributed by atoms with van der Waals surface area (Å²) in [5.74, 6) is -2.01. The summed E-state index contributed by atoms with van der Waals surface area (Å²) in [6.07, 6.45) is 3.85. The maximum Gasteiger partial charge on any atom is 0.340 e. The number of esters is 2. The van der Waals surface area contributed by atoms with Gasteiger partial charge in [-0.1, -0.05) is 12.1 Å². The molecule has 1 aromatic carbocycles. The first-order chi connectivity index (χ1) is 13.0. The number of carbonyl (C=O) groups is 3. The van der Waals surface area contributed by atoms with Gasteiger partial charge < -0.3 is 18.9 Å². The van der Waals surface area contributed by atoms with Crippen molar-refractivity contribution in [3.63, 3.8) is 0 Å². The van der Waals surface area contributed by atoms with Crippen LogP contribution in [0.4, 0.5) is 0 Å². The zero-order chi connectivity index (χ0) is 19.8. The SMILES string of the molecule is CCOC(=O)C(C(=O)OCC)N(Cc1ccc(-n2cccc2)cc1)C(C)=O. The molecule has 0 saturated heterocycles. The van der Waals surface area contributed by atoms with E-state index in [0.717, 1.165) is 11.3 Å². The Labute approximate surface area is 158 Å². The Morgan fingerprint density at radius 2 is 1.48 bits per heavy atom. The lowest BCUT2D eigenvalue weighted by Gasteiger charge is -2.27. The van der Waals surface area contributed by atoms with Crippen LogP contribution in [0.25, 0.3) is 5.69 Å². The lowest BCUT2D eigenvalue weighted by molar-refractivity contribution is -0.167. The van der Waals surface area contributed by atoms with E-state index in [1.807, 2.05) is 53.4 Å². The van der Waals surface area contributed by atoms with E-state index in [1.165, 1.54) is 11.8 Å². The Morgan fingerprint density at radius 3 is 1.93 bits per heavy atom. The number of aromatic nitrogens is 1. The van der Waals surface area contributed by atoms with Crippen LogP contribution in [0.3, 0.4) is 0 Å². The number of hydrogen-bond donors (Lipinski definition) is 0. The van der Waals surface area contributed by atoms with Crippen LogP contribution in [0.2, 0.25) is 0 Å². The quantitative estimate of drug-likeness (QED) is 0.525. The molecule has 0 aliphatic rings. The molecule has 144 valence electrons. The standard InChI is InChI=1S/C20H24N2O5/c1-4-26-19(24)18(20(25)27-5-2)22(15(3)23)14-16-8-10-17(11-9-16)21-12-6-7-13-21/h6-13,18H,4-5,14H2,1-3H3. The molecule has 27 heavy (non-hydrogen) atoms. The van der Waals surface area contributed by atoms with Crippen LogP contribution in [0, 0.1) is 0 Å². The average molecular weight is 372 g/mol. The van der Waals surface area contributed by atoms with Crippen LogP contribution < -0.4 is 0 Å². The monoisotopic (exact) mass is 372 g/mol. The number of benzene rings is 1. The Hall–Kier alpha value is -3.09. The van der Waals surface area contributed by atoms with Gasteiger partial charge in [0.2, 0.25) is 11.9 Å². The van der Waals surface area contributed by atoms with Gasteiger partial charge in [-0.15, -0.1) is 0 Å². The molecule has 0 N–H and O–H groups in total. The number of amides is 1. The van der Waals surface area contributed by atoms with Crippen molar-refractivity contribution in [2.75, 3.05) is 13.2 Å². The second-order valence-corrected chi connectivity index (χ2v) is 5.81. The minimum absolute atomic E-state index is 0.0869. The van der Waals surface area contributed by atoms with Crippen molar-refractivity contribution in [1.82, 2.24) is 9.47 Å². The van der Waals surface area contributed by atoms with Gasteiger partial charge in [-0.3, -0.25) is 4.79 Å². The molecule has 0 radical (unpaired) electrons. The minimum atomic E-state index is -1.42. The van der Waals surface area contributed by atoms with Crippen LogP contribution in [-0.4, -0.2) is 46.6 Å². The third-order valence-electron chi connectivity index (χ3n) is 3.93. The second-order valence-electron chi connectivity index (χ2n) is 5.81. The molecule has 0 spiro atoms. The Morgan fingerprint density at radius 1 is 0.963 bits per heavy atom. The van der Waals surface area contributed by atoms with E-state index < -0.39 is 23.9 Å². The number of rotatable bonds is 8. The maximum absolute atomic E-state index is 12.3. The molecule has 0 fully saturated rings. The van der Waals surface area contributed by atoms with Crippen LogP contribution in [-0.2, 0) is 30.4 Å². The first kappa shape index (κ1) is 20.2. The summed E-state index contributed by atoms with van der Waals surface area (Å²) in [5, 5.41) is 0. The summed E-state index contributed by atoms with van der Waals surface area (Å²) in [7, 11) is 0. The number of ether oxygens (including phenoxy) is 2. The van der Waals surface area contributed by atoms with Crippen LogP contribution in [0.5, 0.6) is 0 Å². The Bertz CT molecular complexity index is 750. The Kier molecular flexibility index (Phi) is 7.16. The van der Waals surface area contributed by atoms with Crippen LogP contribution in [0.15, 0.2) is 48.8 Å². The van der Waals surface area contributed by atoms with Gasteiger partial charge >= 0.3 is 11.9 Å². The lowest BCUT2D eigenvalue weighted by Crippen LogP contribution is -2.50. The molecule has 0 aliphatic heterocycles. The molecule has 2 aromatic rings. The molecule has 2 rings (SSSR count). The van der Waals surface area contributed by atoms with E-state index in [4.69, 9.17) is 9.47 Å². The third-order valence-corrected chi connectivity index (χ3v) is 3.93. The summed E-state index contributed by atoms with van der Waals surface area (Å²) >= 11 is 0. The van der Waals surface area contributed by atoms with Crippen molar-refractivity contribution in [3.05, 3.63) is 54.4 Å². The molecular weight excluding hydrogens is 348 g/mol. The van der Waals surface area contributed by atoms with Gasteiger partial charge in [-0.25, -0.2) is 9.59 Å². The van der Waals surface area contributed by atoms with E-state index in [2.05, 4.69) is 0 Å². The second kappa shape index (κ2) is 9.56. The predicted octanol–water partition coefficient (Wildman–Crippen LogP) is 2.32. The van der Waals surface area contributed by atoms with E-state index in [1.54, 1.807) is 13.8 Å². The first-order valence-corrected chi connectivity index (χ1v) is 8.80. The molecule has 0 unspecified atom stereocenters. The molecule has 7 nitrogen and oxygen atoms in total. The van der Waals surface area contributed by atoms with E-state index in [0.29, 0.717) is 0 Å². The summed E-state index contributed by atoms with van der Waals surface area (Å²) in [5.41, 5.74) is 1.74. The smallest absolute Gasteiger partial charge is 0.340 e. The highest BCUT2D eigenvalue weighted by Gasteiger charge is 2.37. The van der Waals surface area contributed by atoms with Crippen molar-refractivity contribution in [3.8, 4) is 5.69 Å². The number of nitrogens with zero attached hydrogens (tertiary/aromatic N) is 2. The number of carbonyl (C=O) groups excluding carboxylic acids is 3. The third kappa shape index (κ3) is 5.20. The van der Waals surface area contributed by atoms with Crippen molar-refractivity contribution in [2.24, 2.45) is 0 Å². The van der Waals surface area contributed by atoms with Crippen molar-refractivity contribution in [2.45, 2.75) is 33.4 Å². The van der Waals surface area contributed by atoms with Gasteiger partial charge in [0.1, 0.15) is 0 Å². The van der Waals surface area contributed by atoms with Gasteiger partial charge in [-0.05, 0) is 43.7 Å². The fourth-order valence-electron chi connectivity index (χ4n) is 2.65. The summed E-state index contributed by atoms with van der Waals surface area (Å²) in [4.78, 5) is 37.9. The topological polar surface area (TPSA) is 77.8 Å². The predicted molar refractivity (Wildman–Crippen MR) is 99.0 cm³/mol. The van der Waals surface area contributed by atoms with E-state index in [-0.39, 0.29) is 19.8 Å². The van der Waals surface area contributed by atoms with E-state index >= 15 is 0 Å². The molecular formula is C20H24N2O5.